The van der Waals surface area contributed by atoms with Crippen molar-refractivity contribution in [1.82, 2.24) is 0 Å². The Kier molecular flexibility index (Phi) is 20.2. The minimum Gasteiger partial charge on any atom is -0.0654 e. The van der Waals surface area contributed by atoms with Crippen LogP contribution in [0.3, 0.4) is 0 Å². The van der Waals surface area contributed by atoms with Crippen LogP contribution in [0.25, 0.3) is 0 Å². The van der Waals surface area contributed by atoms with Gasteiger partial charge in [0.25, 0.3) is 0 Å². The Morgan fingerprint density at radius 3 is 1.10 bits per heavy atom. The molecule has 0 unspecified atom stereocenters. The highest BCUT2D eigenvalue weighted by molar-refractivity contribution is 4.35. The first-order valence-corrected chi connectivity index (χ1v) is 4.41. The number of hydrogen-bond donors (Lipinski definition) is 0. The summed E-state index contributed by atoms with van der Waals surface area (Å²) in [6.07, 6.45) is 7.31. The number of hydrogen-bond acceptors (Lipinski definition) is 0. The molecule has 0 nitrogen and oxygen atoms in total. The van der Waals surface area contributed by atoms with Crippen LogP contribution in [0.15, 0.2) is 0 Å². The molecule has 0 rings (SSSR count). The molecule has 2 radical (unpaired) electrons. The minimum absolute atomic E-state index is 1.09. The van der Waals surface area contributed by atoms with Gasteiger partial charge in [0.15, 0.2) is 0 Å². The summed E-state index contributed by atoms with van der Waals surface area (Å²) in [6.45, 7) is 11.7. The maximum atomic E-state index is 3.68. The van der Waals surface area contributed by atoms with Gasteiger partial charge in [-0.3, -0.25) is 0 Å². The van der Waals surface area contributed by atoms with E-state index < -0.39 is 0 Å². The first kappa shape index (κ1) is 12.7. The molecule has 62 valence electrons. The second-order valence-corrected chi connectivity index (χ2v) is 2.41. The molecule has 0 bridgehead atoms. The summed E-state index contributed by atoms with van der Waals surface area (Å²) < 4.78 is 0. The number of unbranched alkanes of at least 4 members (excludes halogenated alkanes) is 4. The van der Waals surface area contributed by atoms with Crippen molar-refractivity contribution in [2.45, 2.75) is 52.4 Å². The van der Waals surface area contributed by atoms with Gasteiger partial charge in [-0.25, -0.2) is 0 Å². The van der Waals surface area contributed by atoms with Crippen molar-refractivity contribution in [3.05, 3.63) is 13.8 Å². The second kappa shape index (κ2) is 16.0. The minimum atomic E-state index is 1.09. The van der Waals surface area contributed by atoms with Crippen molar-refractivity contribution in [2.75, 3.05) is 0 Å². The van der Waals surface area contributed by atoms with E-state index in [0.29, 0.717) is 0 Å². The molecule has 0 amide bonds. The fourth-order valence-electron chi connectivity index (χ4n) is 0.500. The van der Waals surface area contributed by atoms with E-state index >= 15 is 0 Å². The second-order valence-electron chi connectivity index (χ2n) is 2.41. The molecule has 0 fully saturated rings. The number of rotatable bonds is 4. The Bertz CT molecular complexity index is 21.0. The van der Waals surface area contributed by atoms with E-state index in [0.717, 1.165) is 12.8 Å². The lowest BCUT2D eigenvalue weighted by atomic mass is 10.3. The van der Waals surface area contributed by atoms with Gasteiger partial charge >= 0.3 is 0 Å². The molecule has 0 heterocycles. The third-order valence-corrected chi connectivity index (χ3v) is 1.21. The lowest BCUT2D eigenvalue weighted by Crippen LogP contribution is -1.59. The van der Waals surface area contributed by atoms with Crippen LogP contribution < -0.4 is 0 Å². The van der Waals surface area contributed by atoms with Gasteiger partial charge in [-0.2, -0.15) is 0 Å². The fourth-order valence-corrected chi connectivity index (χ4v) is 0.500. The average Bonchev–Trinajstić information content (AvgIpc) is 1.93. The molecule has 0 heteroatoms. The van der Waals surface area contributed by atoms with E-state index in [1.165, 1.54) is 25.7 Å². The molecule has 0 spiro atoms. The summed E-state index contributed by atoms with van der Waals surface area (Å²) in [5.74, 6) is 0. The van der Waals surface area contributed by atoms with Crippen molar-refractivity contribution in [3.8, 4) is 0 Å². The molecule has 10 heavy (non-hydrogen) atoms. The predicted molar refractivity (Wildman–Crippen MR) is 49.8 cm³/mol. The fraction of sp³-hybridized carbons (Fsp3) is 0.800. The molecule has 0 aliphatic carbocycles. The molecular weight excluding hydrogens is 120 g/mol. The SMILES string of the molecule is [CH2]CCCC.[CH2]CCCC. The summed E-state index contributed by atoms with van der Waals surface area (Å²) in [5.41, 5.74) is 0. The monoisotopic (exact) mass is 142 g/mol. The largest absolute Gasteiger partial charge is 0.0654 e. The summed E-state index contributed by atoms with van der Waals surface area (Å²) in [7, 11) is 0. The maximum Gasteiger partial charge on any atom is -0.0533 e. The van der Waals surface area contributed by atoms with Crippen molar-refractivity contribution >= 4 is 0 Å². The van der Waals surface area contributed by atoms with Gasteiger partial charge in [0, 0.05) is 0 Å². The van der Waals surface area contributed by atoms with Crippen molar-refractivity contribution in [2.24, 2.45) is 0 Å². The first-order chi connectivity index (χ1) is 4.83. The predicted octanol–water partition coefficient (Wildman–Crippen LogP) is 4.02. The zero-order chi connectivity index (χ0) is 8.24. The zero-order valence-corrected chi connectivity index (χ0v) is 7.66. The van der Waals surface area contributed by atoms with Crippen LogP contribution in [-0.4, -0.2) is 0 Å². The van der Waals surface area contributed by atoms with Crippen LogP contribution in [0, 0.1) is 13.8 Å². The molecule has 0 atom stereocenters. The molecule has 0 N–H and O–H groups in total. The summed E-state index contributed by atoms with van der Waals surface area (Å²) in [5, 5.41) is 0. The van der Waals surface area contributed by atoms with E-state index in [1.807, 2.05) is 0 Å². The quantitative estimate of drug-likeness (QED) is 0.556. The van der Waals surface area contributed by atoms with Crippen LogP contribution in [0.4, 0.5) is 0 Å². The molecule has 0 aliphatic heterocycles. The maximum absolute atomic E-state index is 3.68. The Labute approximate surface area is 67.0 Å². The highest BCUT2D eigenvalue weighted by atomic mass is 13.7. The molecule has 0 saturated carbocycles. The molecule has 0 aromatic heterocycles. The first-order valence-electron chi connectivity index (χ1n) is 4.41. The highest BCUT2D eigenvalue weighted by Gasteiger charge is 1.68. The van der Waals surface area contributed by atoms with Crippen LogP contribution >= 0.6 is 0 Å². The Morgan fingerprint density at radius 2 is 1.10 bits per heavy atom. The smallest absolute Gasteiger partial charge is 0.0533 e. The van der Waals surface area contributed by atoms with E-state index in [2.05, 4.69) is 27.7 Å². The van der Waals surface area contributed by atoms with Gasteiger partial charge in [0.1, 0.15) is 0 Å². The summed E-state index contributed by atoms with van der Waals surface area (Å²) in [4.78, 5) is 0. The topological polar surface area (TPSA) is 0 Å². The third kappa shape index (κ3) is 24.5. The standard InChI is InChI=1S/2C5H11/c2*1-3-5-4-2/h2*1,3-5H2,2H3. The van der Waals surface area contributed by atoms with E-state index in [-0.39, 0.29) is 0 Å². The van der Waals surface area contributed by atoms with E-state index in [9.17, 15) is 0 Å². The van der Waals surface area contributed by atoms with Crippen LogP contribution in [0.5, 0.6) is 0 Å². The Hall–Kier alpha value is 0. The Balaban J connectivity index is 0. The van der Waals surface area contributed by atoms with E-state index in [1.54, 1.807) is 0 Å². The highest BCUT2D eigenvalue weighted by Crippen LogP contribution is 1.88. The summed E-state index contributed by atoms with van der Waals surface area (Å²) in [6, 6.07) is 0. The van der Waals surface area contributed by atoms with E-state index in [4.69, 9.17) is 0 Å². The van der Waals surface area contributed by atoms with Gasteiger partial charge in [-0.1, -0.05) is 66.2 Å². The molecule has 0 aliphatic rings. The third-order valence-electron chi connectivity index (χ3n) is 1.21. The average molecular weight is 142 g/mol. The van der Waals surface area contributed by atoms with Crippen molar-refractivity contribution < 1.29 is 0 Å². The zero-order valence-electron chi connectivity index (χ0n) is 7.66. The normalized spacial score (nSPS) is 8.40. The molecule has 0 saturated heterocycles. The Morgan fingerprint density at radius 1 is 0.800 bits per heavy atom. The molecule has 0 aromatic rings. The van der Waals surface area contributed by atoms with Gasteiger partial charge in [0.2, 0.25) is 0 Å². The van der Waals surface area contributed by atoms with Crippen molar-refractivity contribution in [1.29, 1.82) is 0 Å². The van der Waals surface area contributed by atoms with Gasteiger partial charge in [-0.05, 0) is 0 Å². The molecular formula is C10H22. The lowest BCUT2D eigenvalue weighted by Gasteiger charge is -1.79. The summed E-state index contributed by atoms with van der Waals surface area (Å²) >= 11 is 0. The van der Waals surface area contributed by atoms with Gasteiger partial charge < -0.3 is 0 Å². The lowest BCUT2D eigenvalue weighted by molar-refractivity contribution is 0.813. The van der Waals surface area contributed by atoms with Gasteiger partial charge in [-0.15, -0.1) is 0 Å². The van der Waals surface area contributed by atoms with Crippen LogP contribution in [-0.2, 0) is 0 Å². The molecule has 0 aromatic carbocycles. The van der Waals surface area contributed by atoms with Crippen molar-refractivity contribution in [3.63, 3.8) is 0 Å². The van der Waals surface area contributed by atoms with Gasteiger partial charge in [0.05, 0.1) is 0 Å². The van der Waals surface area contributed by atoms with Crippen LogP contribution in [0.2, 0.25) is 0 Å². The van der Waals surface area contributed by atoms with Crippen LogP contribution in [0.1, 0.15) is 52.4 Å².